The third-order valence-electron chi connectivity index (χ3n) is 1.79. The van der Waals surface area contributed by atoms with Crippen molar-refractivity contribution >= 4 is 5.91 Å². The average molecular weight is 143 g/mol. The standard InChI is InChI=1S/C7H13NO2/c1-10-6-3-2-4-7(9)8-5-6/h6H,2-5H2,1H3,(H,8,9). The number of carbonyl (C=O) groups excluding carboxylic acids is 1. The largest absolute Gasteiger partial charge is 0.380 e. The van der Waals surface area contributed by atoms with E-state index >= 15 is 0 Å². The Kier molecular flexibility index (Phi) is 2.68. The van der Waals surface area contributed by atoms with E-state index in [9.17, 15) is 4.79 Å². The van der Waals surface area contributed by atoms with Crippen molar-refractivity contribution in [2.24, 2.45) is 0 Å². The predicted octanol–water partition coefficient (Wildman–Crippen LogP) is 0.301. The minimum absolute atomic E-state index is 0.152. The third kappa shape index (κ3) is 1.99. The summed E-state index contributed by atoms with van der Waals surface area (Å²) in [6.45, 7) is 0.676. The van der Waals surface area contributed by atoms with E-state index < -0.39 is 0 Å². The first kappa shape index (κ1) is 7.54. The normalized spacial score (nSPS) is 27.3. The van der Waals surface area contributed by atoms with Gasteiger partial charge in [0.2, 0.25) is 5.91 Å². The maximum Gasteiger partial charge on any atom is 0.220 e. The summed E-state index contributed by atoms with van der Waals surface area (Å²) >= 11 is 0. The Morgan fingerprint density at radius 1 is 1.70 bits per heavy atom. The van der Waals surface area contributed by atoms with Crippen LogP contribution < -0.4 is 5.32 Å². The number of rotatable bonds is 1. The van der Waals surface area contributed by atoms with Gasteiger partial charge in [-0.15, -0.1) is 0 Å². The molecule has 1 heterocycles. The topological polar surface area (TPSA) is 38.3 Å². The lowest BCUT2D eigenvalue weighted by atomic mass is 10.2. The van der Waals surface area contributed by atoms with Gasteiger partial charge in [0.1, 0.15) is 0 Å². The van der Waals surface area contributed by atoms with Crippen molar-refractivity contribution in [3.05, 3.63) is 0 Å². The molecule has 0 radical (unpaired) electrons. The van der Waals surface area contributed by atoms with E-state index in [0.717, 1.165) is 12.8 Å². The fraction of sp³-hybridized carbons (Fsp3) is 0.857. The van der Waals surface area contributed by atoms with Crippen LogP contribution in [0.3, 0.4) is 0 Å². The average Bonchev–Trinajstić information content (AvgIpc) is 2.14. The second kappa shape index (κ2) is 3.56. The van der Waals surface area contributed by atoms with Crippen molar-refractivity contribution in [2.75, 3.05) is 13.7 Å². The van der Waals surface area contributed by atoms with Crippen LogP contribution in [-0.4, -0.2) is 25.7 Å². The van der Waals surface area contributed by atoms with Gasteiger partial charge in [0.25, 0.3) is 0 Å². The van der Waals surface area contributed by atoms with Crippen molar-refractivity contribution in [3.8, 4) is 0 Å². The van der Waals surface area contributed by atoms with Crippen molar-refractivity contribution in [1.29, 1.82) is 0 Å². The Hall–Kier alpha value is -0.570. The van der Waals surface area contributed by atoms with Crippen LogP contribution in [0.25, 0.3) is 0 Å². The highest BCUT2D eigenvalue weighted by molar-refractivity contribution is 5.76. The molecule has 1 rings (SSSR count). The number of methoxy groups -OCH3 is 1. The van der Waals surface area contributed by atoms with Crippen LogP contribution >= 0.6 is 0 Å². The molecule has 10 heavy (non-hydrogen) atoms. The molecule has 1 amide bonds. The summed E-state index contributed by atoms with van der Waals surface area (Å²) in [5, 5.41) is 2.78. The highest BCUT2D eigenvalue weighted by Gasteiger charge is 2.13. The number of nitrogens with one attached hydrogen (secondary N) is 1. The molecule has 0 aromatic heterocycles. The quantitative estimate of drug-likeness (QED) is 0.573. The van der Waals surface area contributed by atoms with Gasteiger partial charge < -0.3 is 10.1 Å². The van der Waals surface area contributed by atoms with Gasteiger partial charge in [-0.25, -0.2) is 0 Å². The second-order valence-corrected chi connectivity index (χ2v) is 2.55. The Labute approximate surface area is 60.7 Å². The van der Waals surface area contributed by atoms with Crippen molar-refractivity contribution in [2.45, 2.75) is 25.4 Å². The predicted molar refractivity (Wildman–Crippen MR) is 37.7 cm³/mol. The van der Waals surface area contributed by atoms with Gasteiger partial charge in [-0.3, -0.25) is 4.79 Å². The summed E-state index contributed by atoms with van der Waals surface area (Å²) in [5.74, 6) is 0.152. The Morgan fingerprint density at radius 2 is 2.50 bits per heavy atom. The zero-order valence-corrected chi connectivity index (χ0v) is 6.22. The minimum atomic E-state index is 0.152. The summed E-state index contributed by atoms with van der Waals surface area (Å²) in [5.41, 5.74) is 0. The molecule has 0 bridgehead atoms. The summed E-state index contributed by atoms with van der Waals surface area (Å²) in [6, 6.07) is 0. The fourth-order valence-corrected chi connectivity index (χ4v) is 1.11. The molecule has 0 aromatic rings. The molecular formula is C7H13NO2. The zero-order valence-electron chi connectivity index (χ0n) is 6.22. The first-order valence-corrected chi connectivity index (χ1v) is 3.62. The third-order valence-corrected chi connectivity index (χ3v) is 1.79. The Morgan fingerprint density at radius 3 is 3.20 bits per heavy atom. The molecule has 3 nitrogen and oxygen atoms in total. The molecule has 0 spiro atoms. The number of ether oxygens (including phenoxy) is 1. The summed E-state index contributed by atoms with van der Waals surface area (Å²) in [7, 11) is 1.68. The first-order valence-electron chi connectivity index (χ1n) is 3.62. The Balaban J connectivity index is 2.33. The highest BCUT2D eigenvalue weighted by atomic mass is 16.5. The van der Waals surface area contributed by atoms with Gasteiger partial charge in [0, 0.05) is 20.1 Å². The van der Waals surface area contributed by atoms with Gasteiger partial charge in [-0.2, -0.15) is 0 Å². The smallest absolute Gasteiger partial charge is 0.220 e. The molecule has 3 heteroatoms. The molecule has 0 aromatic carbocycles. The maximum absolute atomic E-state index is 10.8. The molecule has 58 valence electrons. The van der Waals surface area contributed by atoms with Gasteiger partial charge in [-0.05, 0) is 12.8 Å². The van der Waals surface area contributed by atoms with E-state index in [2.05, 4.69) is 5.32 Å². The molecule has 0 aliphatic carbocycles. The molecule has 1 aliphatic rings. The molecule has 1 atom stereocenters. The van der Waals surface area contributed by atoms with Gasteiger partial charge >= 0.3 is 0 Å². The monoisotopic (exact) mass is 143 g/mol. The van der Waals surface area contributed by atoms with Crippen molar-refractivity contribution in [3.63, 3.8) is 0 Å². The number of carbonyl (C=O) groups is 1. The van der Waals surface area contributed by atoms with E-state index in [4.69, 9.17) is 4.74 Å². The minimum Gasteiger partial charge on any atom is -0.380 e. The lowest BCUT2D eigenvalue weighted by Gasteiger charge is -2.10. The summed E-state index contributed by atoms with van der Waals surface area (Å²) < 4.78 is 5.10. The number of amides is 1. The van der Waals surface area contributed by atoms with Crippen LogP contribution in [0.15, 0.2) is 0 Å². The van der Waals surface area contributed by atoms with E-state index in [0.29, 0.717) is 13.0 Å². The summed E-state index contributed by atoms with van der Waals surface area (Å²) in [4.78, 5) is 10.8. The number of hydrogen-bond donors (Lipinski definition) is 1. The highest BCUT2D eigenvalue weighted by Crippen LogP contribution is 2.06. The van der Waals surface area contributed by atoms with E-state index in [1.807, 2.05) is 0 Å². The van der Waals surface area contributed by atoms with Crippen molar-refractivity contribution < 1.29 is 9.53 Å². The van der Waals surface area contributed by atoms with E-state index in [1.54, 1.807) is 7.11 Å². The van der Waals surface area contributed by atoms with Gasteiger partial charge in [0.05, 0.1) is 6.10 Å². The van der Waals surface area contributed by atoms with Gasteiger partial charge in [0.15, 0.2) is 0 Å². The lowest BCUT2D eigenvalue weighted by molar-refractivity contribution is -0.120. The SMILES string of the molecule is COC1CCCC(=O)NC1. The molecule has 1 saturated heterocycles. The number of hydrogen-bond acceptors (Lipinski definition) is 2. The fourth-order valence-electron chi connectivity index (χ4n) is 1.11. The van der Waals surface area contributed by atoms with E-state index in [1.165, 1.54) is 0 Å². The van der Waals surface area contributed by atoms with E-state index in [-0.39, 0.29) is 12.0 Å². The Bertz CT molecular complexity index is 125. The van der Waals surface area contributed by atoms with Crippen LogP contribution in [-0.2, 0) is 9.53 Å². The van der Waals surface area contributed by atoms with Gasteiger partial charge in [-0.1, -0.05) is 0 Å². The molecule has 0 saturated carbocycles. The summed E-state index contributed by atoms with van der Waals surface area (Å²) in [6.07, 6.45) is 2.82. The molecule has 1 unspecified atom stereocenters. The molecule has 1 aliphatic heterocycles. The first-order chi connectivity index (χ1) is 4.83. The zero-order chi connectivity index (χ0) is 7.40. The lowest BCUT2D eigenvalue weighted by Crippen LogP contribution is -2.29. The van der Waals surface area contributed by atoms with Crippen molar-refractivity contribution in [1.82, 2.24) is 5.32 Å². The van der Waals surface area contributed by atoms with Crippen LogP contribution in [0.2, 0.25) is 0 Å². The van der Waals surface area contributed by atoms with Crippen LogP contribution in [0.1, 0.15) is 19.3 Å². The maximum atomic E-state index is 10.8. The van der Waals surface area contributed by atoms with Crippen LogP contribution in [0, 0.1) is 0 Å². The molecule has 1 N–H and O–H groups in total. The van der Waals surface area contributed by atoms with Crippen LogP contribution in [0.5, 0.6) is 0 Å². The second-order valence-electron chi connectivity index (χ2n) is 2.55. The molecular weight excluding hydrogens is 130 g/mol. The van der Waals surface area contributed by atoms with Crippen LogP contribution in [0.4, 0.5) is 0 Å². The molecule has 1 fully saturated rings.